The molecule has 0 radical (unpaired) electrons. The fourth-order valence-corrected chi connectivity index (χ4v) is 3.16. The molecule has 0 saturated carbocycles. The van der Waals surface area contributed by atoms with Gasteiger partial charge in [0, 0.05) is 17.0 Å². The summed E-state index contributed by atoms with van der Waals surface area (Å²) in [7, 11) is 0. The van der Waals surface area contributed by atoms with Gasteiger partial charge in [-0.25, -0.2) is 0 Å². The van der Waals surface area contributed by atoms with Crippen molar-refractivity contribution in [1.82, 2.24) is 4.98 Å². The van der Waals surface area contributed by atoms with E-state index in [1.54, 1.807) is 0 Å². The lowest BCUT2D eigenvalue weighted by Crippen LogP contribution is -1.89. The minimum absolute atomic E-state index is 1.08. The maximum atomic E-state index is 4.65. The molecule has 0 spiro atoms. The molecule has 22 heavy (non-hydrogen) atoms. The SMILES string of the molecule is Cc1ccc(C)c(-c2cccc3ccc4cccnc4c23)c1. The Bertz CT molecular complexity index is 999. The van der Waals surface area contributed by atoms with Gasteiger partial charge in [-0.2, -0.15) is 0 Å². The summed E-state index contributed by atoms with van der Waals surface area (Å²) in [4.78, 5) is 4.65. The molecular formula is C21H17N. The molecule has 0 aliphatic heterocycles. The molecule has 0 N–H and O–H groups in total. The van der Waals surface area contributed by atoms with Gasteiger partial charge >= 0.3 is 0 Å². The third-order valence-electron chi connectivity index (χ3n) is 4.30. The van der Waals surface area contributed by atoms with Gasteiger partial charge in [0.2, 0.25) is 0 Å². The van der Waals surface area contributed by atoms with Gasteiger partial charge in [0.1, 0.15) is 0 Å². The average Bonchev–Trinajstić information content (AvgIpc) is 2.56. The van der Waals surface area contributed by atoms with Crippen molar-refractivity contribution in [2.45, 2.75) is 13.8 Å². The molecule has 4 aromatic rings. The lowest BCUT2D eigenvalue weighted by Gasteiger charge is -2.12. The molecule has 0 aliphatic carbocycles. The Morgan fingerprint density at radius 1 is 0.727 bits per heavy atom. The molecule has 3 aromatic carbocycles. The highest BCUT2D eigenvalue weighted by Crippen LogP contribution is 2.35. The van der Waals surface area contributed by atoms with Gasteiger partial charge in [-0.15, -0.1) is 0 Å². The van der Waals surface area contributed by atoms with Crippen LogP contribution in [-0.2, 0) is 0 Å². The highest BCUT2D eigenvalue weighted by Gasteiger charge is 2.10. The number of nitrogens with zero attached hydrogens (tertiary/aromatic N) is 1. The van der Waals surface area contributed by atoms with E-state index in [2.05, 4.69) is 73.4 Å². The summed E-state index contributed by atoms with van der Waals surface area (Å²) in [6, 6.07) is 21.6. The number of aromatic nitrogens is 1. The first-order chi connectivity index (χ1) is 10.7. The molecule has 1 nitrogen and oxygen atoms in total. The molecule has 1 aromatic heterocycles. The standard InChI is InChI=1S/C21H17N/c1-14-8-9-15(2)19(13-14)18-7-3-5-16-10-11-17-6-4-12-22-21(17)20(16)18/h3-13H,1-2H3. The minimum Gasteiger partial charge on any atom is -0.256 e. The van der Waals surface area contributed by atoms with Crippen LogP contribution in [0.4, 0.5) is 0 Å². The largest absolute Gasteiger partial charge is 0.256 e. The first-order valence-corrected chi connectivity index (χ1v) is 7.58. The Morgan fingerprint density at radius 3 is 2.45 bits per heavy atom. The van der Waals surface area contributed by atoms with Crippen LogP contribution in [0.5, 0.6) is 0 Å². The van der Waals surface area contributed by atoms with Crippen LogP contribution in [0, 0.1) is 13.8 Å². The predicted octanol–water partition coefficient (Wildman–Crippen LogP) is 5.67. The first kappa shape index (κ1) is 13.0. The molecule has 0 aliphatic rings. The summed E-state index contributed by atoms with van der Waals surface area (Å²) in [5.74, 6) is 0. The van der Waals surface area contributed by atoms with E-state index in [-0.39, 0.29) is 0 Å². The Hall–Kier alpha value is -2.67. The fourth-order valence-electron chi connectivity index (χ4n) is 3.16. The van der Waals surface area contributed by atoms with Gasteiger partial charge in [-0.05, 0) is 42.0 Å². The van der Waals surface area contributed by atoms with E-state index in [1.165, 1.54) is 38.4 Å². The van der Waals surface area contributed by atoms with E-state index in [9.17, 15) is 0 Å². The molecule has 0 unspecified atom stereocenters. The van der Waals surface area contributed by atoms with Gasteiger partial charge in [-0.1, -0.05) is 60.2 Å². The van der Waals surface area contributed by atoms with Gasteiger partial charge in [0.15, 0.2) is 0 Å². The normalized spacial score (nSPS) is 11.2. The summed E-state index contributed by atoms with van der Waals surface area (Å²) < 4.78 is 0. The topological polar surface area (TPSA) is 12.9 Å². The quantitative estimate of drug-likeness (QED) is 0.410. The van der Waals surface area contributed by atoms with Crippen molar-refractivity contribution in [2.24, 2.45) is 0 Å². The minimum atomic E-state index is 1.08. The van der Waals surface area contributed by atoms with Crippen molar-refractivity contribution in [1.29, 1.82) is 0 Å². The van der Waals surface area contributed by atoms with E-state index in [1.807, 2.05) is 12.3 Å². The number of hydrogen-bond acceptors (Lipinski definition) is 1. The van der Waals surface area contributed by atoms with E-state index >= 15 is 0 Å². The summed E-state index contributed by atoms with van der Waals surface area (Å²) in [6.07, 6.45) is 1.88. The molecule has 1 heterocycles. The van der Waals surface area contributed by atoms with Crippen molar-refractivity contribution in [2.75, 3.05) is 0 Å². The zero-order valence-corrected chi connectivity index (χ0v) is 12.8. The lowest BCUT2D eigenvalue weighted by atomic mass is 9.92. The number of rotatable bonds is 1. The fraction of sp³-hybridized carbons (Fsp3) is 0.0952. The molecule has 0 bridgehead atoms. The average molecular weight is 283 g/mol. The highest BCUT2D eigenvalue weighted by atomic mass is 14.6. The second kappa shape index (κ2) is 4.96. The van der Waals surface area contributed by atoms with E-state index < -0.39 is 0 Å². The Kier molecular flexibility index (Phi) is 2.93. The van der Waals surface area contributed by atoms with Crippen LogP contribution in [-0.4, -0.2) is 4.98 Å². The van der Waals surface area contributed by atoms with Crippen molar-refractivity contribution < 1.29 is 0 Å². The van der Waals surface area contributed by atoms with Crippen LogP contribution in [0.3, 0.4) is 0 Å². The molecule has 106 valence electrons. The smallest absolute Gasteiger partial charge is 0.0786 e. The number of fused-ring (bicyclic) bond motifs is 3. The maximum absolute atomic E-state index is 4.65. The Morgan fingerprint density at radius 2 is 1.55 bits per heavy atom. The van der Waals surface area contributed by atoms with Crippen molar-refractivity contribution >= 4 is 21.7 Å². The molecule has 0 fully saturated rings. The molecular weight excluding hydrogens is 266 g/mol. The lowest BCUT2D eigenvalue weighted by molar-refractivity contribution is 1.39. The van der Waals surface area contributed by atoms with Gasteiger partial charge in [0.05, 0.1) is 5.52 Å². The van der Waals surface area contributed by atoms with Crippen LogP contribution in [0.25, 0.3) is 32.8 Å². The molecule has 0 amide bonds. The summed E-state index contributed by atoms with van der Waals surface area (Å²) in [5, 5.41) is 3.67. The number of hydrogen-bond donors (Lipinski definition) is 0. The Labute approximate surface area is 130 Å². The van der Waals surface area contributed by atoms with Crippen molar-refractivity contribution in [3.05, 3.63) is 78.0 Å². The number of aryl methyl sites for hydroxylation is 2. The van der Waals surface area contributed by atoms with Crippen LogP contribution in [0.1, 0.15) is 11.1 Å². The van der Waals surface area contributed by atoms with E-state index in [0.717, 1.165) is 5.52 Å². The number of benzene rings is 3. The maximum Gasteiger partial charge on any atom is 0.0786 e. The van der Waals surface area contributed by atoms with E-state index in [0.29, 0.717) is 0 Å². The van der Waals surface area contributed by atoms with Gasteiger partial charge in [0.25, 0.3) is 0 Å². The van der Waals surface area contributed by atoms with Crippen molar-refractivity contribution in [3.8, 4) is 11.1 Å². The molecule has 1 heteroatoms. The summed E-state index contributed by atoms with van der Waals surface area (Å²) in [6.45, 7) is 4.32. The first-order valence-electron chi connectivity index (χ1n) is 7.58. The third kappa shape index (κ3) is 1.98. The van der Waals surface area contributed by atoms with Crippen LogP contribution in [0.2, 0.25) is 0 Å². The van der Waals surface area contributed by atoms with E-state index in [4.69, 9.17) is 0 Å². The second-order valence-electron chi connectivity index (χ2n) is 5.86. The second-order valence-corrected chi connectivity index (χ2v) is 5.86. The summed E-state index contributed by atoms with van der Waals surface area (Å²) in [5.41, 5.74) is 6.22. The van der Waals surface area contributed by atoms with Crippen LogP contribution in [0.15, 0.2) is 66.9 Å². The molecule has 0 atom stereocenters. The monoisotopic (exact) mass is 283 g/mol. The highest BCUT2D eigenvalue weighted by molar-refractivity contribution is 6.12. The van der Waals surface area contributed by atoms with Crippen LogP contribution >= 0.6 is 0 Å². The molecule has 4 rings (SSSR count). The number of pyridine rings is 1. The van der Waals surface area contributed by atoms with Crippen LogP contribution < -0.4 is 0 Å². The van der Waals surface area contributed by atoms with Gasteiger partial charge in [-0.3, -0.25) is 4.98 Å². The van der Waals surface area contributed by atoms with Gasteiger partial charge < -0.3 is 0 Å². The zero-order chi connectivity index (χ0) is 15.1. The third-order valence-corrected chi connectivity index (χ3v) is 4.30. The summed E-state index contributed by atoms with van der Waals surface area (Å²) >= 11 is 0. The van der Waals surface area contributed by atoms with Crippen molar-refractivity contribution in [3.63, 3.8) is 0 Å². The zero-order valence-electron chi connectivity index (χ0n) is 12.8. The predicted molar refractivity (Wildman–Crippen MR) is 94.2 cm³/mol. The Balaban J connectivity index is 2.18. The molecule has 0 saturated heterocycles.